The van der Waals surface area contributed by atoms with Crippen molar-refractivity contribution in [3.05, 3.63) is 24.4 Å². The van der Waals surface area contributed by atoms with E-state index in [1.165, 1.54) is 17.5 Å². The number of hydrogen-bond acceptors (Lipinski definition) is 3. The Morgan fingerprint density at radius 2 is 2.21 bits per heavy atom. The quantitative estimate of drug-likeness (QED) is 0.915. The fourth-order valence-electron chi connectivity index (χ4n) is 3.14. The predicted molar refractivity (Wildman–Crippen MR) is 79.6 cm³/mol. The highest BCUT2D eigenvalue weighted by Crippen LogP contribution is 2.25. The molecule has 0 saturated carbocycles. The lowest BCUT2D eigenvalue weighted by Crippen LogP contribution is -2.37. The highest BCUT2D eigenvalue weighted by atomic mass is 15.3. The summed E-state index contributed by atoms with van der Waals surface area (Å²) in [6.07, 6.45) is 3.14. The van der Waals surface area contributed by atoms with E-state index in [0.717, 1.165) is 31.7 Å². The van der Waals surface area contributed by atoms with Gasteiger partial charge in [-0.15, -0.1) is 0 Å². The molecule has 1 atom stereocenters. The van der Waals surface area contributed by atoms with Gasteiger partial charge < -0.3 is 4.90 Å². The van der Waals surface area contributed by atoms with Crippen molar-refractivity contribution in [1.82, 2.24) is 15.1 Å². The van der Waals surface area contributed by atoms with Crippen molar-refractivity contribution >= 4 is 16.6 Å². The molecule has 4 nitrogen and oxygen atoms in total. The van der Waals surface area contributed by atoms with Crippen molar-refractivity contribution in [2.24, 2.45) is 0 Å². The highest BCUT2D eigenvalue weighted by molar-refractivity contribution is 5.81. The van der Waals surface area contributed by atoms with E-state index in [1.807, 2.05) is 6.20 Å². The van der Waals surface area contributed by atoms with Crippen LogP contribution < -0.4 is 4.90 Å². The Kier molecular flexibility index (Phi) is 3.42. The third-order valence-corrected chi connectivity index (χ3v) is 4.28. The number of anilines is 1. The topological polar surface area (TPSA) is 35.2 Å². The number of rotatable bonds is 4. The van der Waals surface area contributed by atoms with Crippen LogP contribution in [0.1, 0.15) is 20.3 Å². The van der Waals surface area contributed by atoms with Gasteiger partial charge in [0.2, 0.25) is 0 Å². The number of aromatic nitrogens is 2. The lowest BCUT2D eigenvalue weighted by molar-refractivity contribution is 0.232. The minimum absolute atomic E-state index is 0.701. The van der Waals surface area contributed by atoms with Gasteiger partial charge in [-0.3, -0.25) is 10.00 Å². The molecule has 3 rings (SSSR count). The number of benzene rings is 1. The van der Waals surface area contributed by atoms with E-state index in [1.54, 1.807) is 0 Å². The van der Waals surface area contributed by atoms with E-state index in [-0.39, 0.29) is 0 Å². The van der Waals surface area contributed by atoms with Gasteiger partial charge in [0.25, 0.3) is 0 Å². The third kappa shape index (κ3) is 2.32. The van der Waals surface area contributed by atoms with Crippen LogP contribution in [-0.4, -0.2) is 47.3 Å². The van der Waals surface area contributed by atoms with Gasteiger partial charge in [-0.25, -0.2) is 0 Å². The van der Waals surface area contributed by atoms with Crippen LogP contribution in [0.3, 0.4) is 0 Å². The molecule has 19 heavy (non-hydrogen) atoms. The largest absolute Gasteiger partial charge is 0.370 e. The molecule has 1 fully saturated rings. The Balaban J connectivity index is 1.76. The number of likely N-dealkylation sites (N-methyl/N-ethyl adjacent to an activating group) is 1. The molecule has 1 saturated heterocycles. The summed E-state index contributed by atoms with van der Waals surface area (Å²) in [5.41, 5.74) is 2.44. The molecule has 0 aliphatic carbocycles. The van der Waals surface area contributed by atoms with Gasteiger partial charge in [-0.1, -0.05) is 13.8 Å². The first kappa shape index (κ1) is 12.5. The summed E-state index contributed by atoms with van der Waals surface area (Å²) in [6, 6.07) is 7.28. The Bertz CT molecular complexity index is 544. The first-order valence-electron chi connectivity index (χ1n) is 7.24. The third-order valence-electron chi connectivity index (χ3n) is 4.28. The SMILES string of the molecule is CCN(CC)C1CCN(c2ccc3cn[nH]c3c2)C1. The van der Waals surface area contributed by atoms with E-state index in [4.69, 9.17) is 0 Å². The average Bonchev–Trinajstić information content (AvgIpc) is 3.08. The van der Waals surface area contributed by atoms with E-state index >= 15 is 0 Å². The fourth-order valence-corrected chi connectivity index (χ4v) is 3.14. The van der Waals surface area contributed by atoms with Crippen LogP contribution in [0, 0.1) is 0 Å². The van der Waals surface area contributed by atoms with Gasteiger partial charge in [0.15, 0.2) is 0 Å². The van der Waals surface area contributed by atoms with Gasteiger partial charge in [-0.05, 0) is 37.7 Å². The molecular weight excluding hydrogens is 236 g/mol. The Morgan fingerprint density at radius 1 is 1.37 bits per heavy atom. The Morgan fingerprint density at radius 3 is 3.00 bits per heavy atom. The van der Waals surface area contributed by atoms with Gasteiger partial charge in [0, 0.05) is 30.2 Å². The zero-order valence-corrected chi connectivity index (χ0v) is 11.8. The van der Waals surface area contributed by atoms with Crippen molar-refractivity contribution in [3.8, 4) is 0 Å². The summed E-state index contributed by atoms with van der Waals surface area (Å²) in [6.45, 7) is 9.09. The minimum Gasteiger partial charge on any atom is -0.370 e. The molecule has 1 unspecified atom stereocenters. The van der Waals surface area contributed by atoms with Crippen molar-refractivity contribution < 1.29 is 0 Å². The van der Waals surface area contributed by atoms with E-state index in [2.05, 4.69) is 52.0 Å². The number of fused-ring (bicyclic) bond motifs is 1. The highest BCUT2D eigenvalue weighted by Gasteiger charge is 2.26. The van der Waals surface area contributed by atoms with E-state index in [0.29, 0.717) is 6.04 Å². The van der Waals surface area contributed by atoms with Crippen LogP contribution >= 0.6 is 0 Å². The summed E-state index contributed by atoms with van der Waals surface area (Å²) in [5.74, 6) is 0. The second-order valence-electron chi connectivity index (χ2n) is 5.25. The van der Waals surface area contributed by atoms with E-state index in [9.17, 15) is 0 Å². The number of nitrogens with one attached hydrogen (secondary N) is 1. The van der Waals surface area contributed by atoms with Gasteiger partial charge in [0.05, 0.1) is 11.7 Å². The smallest absolute Gasteiger partial charge is 0.0670 e. The first-order chi connectivity index (χ1) is 9.31. The number of H-pyrrole nitrogens is 1. The summed E-state index contributed by atoms with van der Waals surface area (Å²) in [4.78, 5) is 5.05. The zero-order valence-electron chi connectivity index (χ0n) is 11.8. The molecule has 2 aromatic rings. The summed E-state index contributed by atoms with van der Waals surface area (Å²) in [7, 11) is 0. The first-order valence-corrected chi connectivity index (χ1v) is 7.24. The molecule has 2 heterocycles. The maximum atomic E-state index is 4.09. The Hall–Kier alpha value is -1.55. The lowest BCUT2D eigenvalue weighted by Gasteiger charge is -2.26. The second kappa shape index (κ2) is 5.21. The maximum absolute atomic E-state index is 4.09. The second-order valence-corrected chi connectivity index (χ2v) is 5.25. The fraction of sp³-hybridized carbons (Fsp3) is 0.533. The molecular formula is C15H22N4. The average molecular weight is 258 g/mol. The molecule has 0 spiro atoms. The number of nitrogens with zero attached hydrogens (tertiary/aromatic N) is 3. The molecule has 1 aromatic carbocycles. The molecule has 0 amide bonds. The zero-order chi connectivity index (χ0) is 13.2. The molecule has 4 heteroatoms. The maximum Gasteiger partial charge on any atom is 0.0670 e. The standard InChI is InChI=1S/C15H22N4/c1-3-18(4-2)14-7-8-19(11-14)13-6-5-12-10-16-17-15(12)9-13/h5-6,9-10,14H,3-4,7-8,11H2,1-2H3,(H,16,17). The molecule has 0 radical (unpaired) electrons. The van der Waals surface area contributed by atoms with Crippen LogP contribution in [0.4, 0.5) is 5.69 Å². The van der Waals surface area contributed by atoms with Crippen LogP contribution in [0.15, 0.2) is 24.4 Å². The summed E-state index contributed by atoms with van der Waals surface area (Å²) >= 11 is 0. The molecule has 1 aliphatic rings. The van der Waals surface area contributed by atoms with Gasteiger partial charge in [-0.2, -0.15) is 5.10 Å². The predicted octanol–water partition coefficient (Wildman–Crippen LogP) is 2.48. The van der Waals surface area contributed by atoms with Gasteiger partial charge >= 0.3 is 0 Å². The van der Waals surface area contributed by atoms with Crippen molar-refractivity contribution in [3.63, 3.8) is 0 Å². The van der Waals surface area contributed by atoms with Crippen LogP contribution in [0.2, 0.25) is 0 Å². The van der Waals surface area contributed by atoms with Crippen molar-refractivity contribution in [1.29, 1.82) is 0 Å². The van der Waals surface area contributed by atoms with Crippen molar-refractivity contribution in [2.75, 3.05) is 31.1 Å². The van der Waals surface area contributed by atoms with E-state index < -0.39 is 0 Å². The number of aromatic amines is 1. The molecule has 102 valence electrons. The lowest BCUT2D eigenvalue weighted by atomic mass is 10.2. The molecule has 1 aliphatic heterocycles. The van der Waals surface area contributed by atoms with Crippen LogP contribution in [-0.2, 0) is 0 Å². The molecule has 1 aromatic heterocycles. The molecule has 1 N–H and O–H groups in total. The summed E-state index contributed by atoms with van der Waals surface area (Å²) in [5, 5.41) is 8.32. The number of hydrogen-bond donors (Lipinski definition) is 1. The summed E-state index contributed by atoms with van der Waals surface area (Å²) < 4.78 is 0. The minimum atomic E-state index is 0.701. The van der Waals surface area contributed by atoms with Crippen molar-refractivity contribution in [2.45, 2.75) is 26.3 Å². The van der Waals surface area contributed by atoms with Gasteiger partial charge in [0.1, 0.15) is 0 Å². The molecule has 0 bridgehead atoms. The normalized spacial score (nSPS) is 19.7. The van der Waals surface area contributed by atoms with Crippen LogP contribution in [0.5, 0.6) is 0 Å². The monoisotopic (exact) mass is 258 g/mol. The van der Waals surface area contributed by atoms with Crippen LogP contribution in [0.25, 0.3) is 10.9 Å². The Labute approximate surface area is 114 Å².